The molecule has 0 unspecified atom stereocenters. The Morgan fingerprint density at radius 2 is 1.96 bits per heavy atom. The van der Waals surface area contributed by atoms with Crippen LogP contribution in [0.2, 0.25) is 0 Å². The molecule has 1 heterocycles. The highest BCUT2D eigenvalue weighted by atomic mass is 32.2. The van der Waals surface area contributed by atoms with E-state index in [2.05, 4.69) is 27.4 Å². The van der Waals surface area contributed by atoms with E-state index in [1.807, 2.05) is 56.3 Å². The third-order valence-electron chi connectivity index (χ3n) is 4.21. The van der Waals surface area contributed by atoms with Gasteiger partial charge in [0, 0.05) is 5.69 Å². The van der Waals surface area contributed by atoms with Crippen LogP contribution in [0, 0.1) is 13.8 Å². The average molecular weight is 397 g/mol. The van der Waals surface area contributed by atoms with E-state index in [-0.39, 0.29) is 11.7 Å². The first-order valence-corrected chi connectivity index (χ1v) is 10.1. The first-order chi connectivity index (χ1) is 13.5. The third-order valence-corrected chi connectivity index (χ3v) is 5.05. The van der Waals surface area contributed by atoms with E-state index in [1.165, 1.54) is 22.9 Å². The largest absolute Gasteiger partial charge is 0.486 e. The summed E-state index contributed by atoms with van der Waals surface area (Å²) >= 11 is 1.28. The maximum absolute atomic E-state index is 12.2. The Hall–Kier alpha value is -2.80. The predicted octanol–water partition coefficient (Wildman–Crippen LogP) is 4.29. The Balaban J connectivity index is 1.46. The predicted molar refractivity (Wildman–Crippen MR) is 112 cm³/mol. The molecule has 6 nitrogen and oxygen atoms in total. The van der Waals surface area contributed by atoms with Crippen LogP contribution in [-0.4, -0.2) is 26.8 Å². The van der Waals surface area contributed by atoms with Gasteiger partial charge in [0.15, 0.2) is 5.82 Å². The van der Waals surface area contributed by atoms with Gasteiger partial charge in [-0.2, -0.15) is 0 Å². The SMILES string of the molecule is CCc1ccc(OCc2nc(SCC(=O)Nc3ccc(C)cc3C)n[nH]2)cc1. The van der Waals surface area contributed by atoms with Gasteiger partial charge < -0.3 is 10.1 Å². The van der Waals surface area contributed by atoms with Gasteiger partial charge in [-0.25, -0.2) is 4.98 Å². The number of aromatic nitrogens is 3. The number of anilines is 1. The molecule has 7 heteroatoms. The quantitative estimate of drug-likeness (QED) is 0.555. The molecule has 0 radical (unpaired) electrons. The molecule has 0 spiro atoms. The van der Waals surface area contributed by atoms with Crippen LogP contribution in [0.3, 0.4) is 0 Å². The van der Waals surface area contributed by atoms with E-state index in [0.29, 0.717) is 17.6 Å². The highest BCUT2D eigenvalue weighted by Crippen LogP contribution is 2.18. The summed E-state index contributed by atoms with van der Waals surface area (Å²) in [7, 11) is 0. The Morgan fingerprint density at radius 1 is 1.18 bits per heavy atom. The van der Waals surface area contributed by atoms with Crippen LogP contribution in [0.15, 0.2) is 47.6 Å². The second-order valence-corrected chi connectivity index (χ2v) is 7.45. The maximum Gasteiger partial charge on any atom is 0.234 e. The van der Waals surface area contributed by atoms with Crippen molar-refractivity contribution in [2.45, 2.75) is 39.0 Å². The summed E-state index contributed by atoms with van der Waals surface area (Å²) in [4.78, 5) is 16.5. The number of aryl methyl sites for hydroxylation is 3. The van der Waals surface area contributed by atoms with Crippen molar-refractivity contribution in [3.05, 3.63) is 65.0 Å². The Bertz CT molecular complexity index is 938. The fraction of sp³-hybridized carbons (Fsp3) is 0.286. The molecule has 0 fully saturated rings. The van der Waals surface area contributed by atoms with Crippen LogP contribution < -0.4 is 10.1 Å². The van der Waals surface area contributed by atoms with Crippen LogP contribution in [0.25, 0.3) is 0 Å². The minimum atomic E-state index is -0.0874. The van der Waals surface area contributed by atoms with E-state index < -0.39 is 0 Å². The number of hydrogen-bond acceptors (Lipinski definition) is 5. The molecular formula is C21H24N4O2S. The van der Waals surface area contributed by atoms with Gasteiger partial charge >= 0.3 is 0 Å². The maximum atomic E-state index is 12.2. The van der Waals surface area contributed by atoms with Crippen molar-refractivity contribution in [3.63, 3.8) is 0 Å². The van der Waals surface area contributed by atoms with E-state index in [4.69, 9.17) is 4.74 Å². The number of carbonyl (C=O) groups is 1. The van der Waals surface area contributed by atoms with Crippen molar-refractivity contribution in [2.24, 2.45) is 0 Å². The van der Waals surface area contributed by atoms with Crippen LogP contribution >= 0.6 is 11.8 Å². The zero-order valence-electron chi connectivity index (χ0n) is 16.3. The Labute approximate surface area is 169 Å². The molecule has 0 atom stereocenters. The number of ether oxygens (including phenoxy) is 1. The summed E-state index contributed by atoms with van der Waals surface area (Å²) in [5, 5.41) is 10.4. The molecule has 2 aromatic carbocycles. The smallest absolute Gasteiger partial charge is 0.234 e. The van der Waals surface area contributed by atoms with Crippen molar-refractivity contribution in [1.29, 1.82) is 0 Å². The summed E-state index contributed by atoms with van der Waals surface area (Å²) in [5.41, 5.74) is 4.31. The molecule has 3 aromatic rings. The lowest BCUT2D eigenvalue weighted by atomic mass is 10.1. The van der Waals surface area contributed by atoms with Crippen LogP contribution in [0.1, 0.15) is 29.4 Å². The molecule has 146 valence electrons. The van der Waals surface area contributed by atoms with Crippen LogP contribution in [-0.2, 0) is 17.8 Å². The first kappa shape index (κ1) is 19.9. The number of amides is 1. The molecule has 0 bridgehead atoms. The number of benzene rings is 2. The molecule has 1 amide bonds. The number of carbonyl (C=O) groups excluding carboxylic acids is 1. The molecule has 2 N–H and O–H groups in total. The standard InChI is InChI=1S/C21H24N4O2S/c1-4-16-6-8-17(9-7-16)27-12-19-23-21(25-24-19)28-13-20(26)22-18-10-5-14(2)11-15(18)3/h5-11H,4,12-13H2,1-3H3,(H,22,26)(H,23,24,25). The number of nitrogens with zero attached hydrogens (tertiary/aromatic N) is 2. The van der Waals surface area contributed by atoms with Gasteiger partial charge in [0.25, 0.3) is 0 Å². The summed E-state index contributed by atoms with van der Waals surface area (Å²) in [6.07, 6.45) is 1.00. The molecule has 28 heavy (non-hydrogen) atoms. The summed E-state index contributed by atoms with van der Waals surface area (Å²) in [5.74, 6) is 1.56. The highest BCUT2D eigenvalue weighted by Gasteiger charge is 2.10. The molecule has 0 saturated heterocycles. The fourth-order valence-corrected chi connectivity index (χ4v) is 3.27. The molecule has 1 aromatic heterocycles. The molecular weight excluding hydrogens is 372 g/mol. The van der Waals surface area contributed by atoms with Crippen LogP contribution in [0.4, 0.5) is 5.69 Å². The highest BCUT2D eigenvalue weighted by molar-refractivity contribution is 7.99. The van der Waals surface area contributed by atoms with E-state index in [0.717, 1.165) is 23.4 Å². The normalized spacial score (nSPS) is 10.7. The van der Waals surface area contributed by atoms with Crippen molar-refractivity contribution < 1.29 is 9.53 Å². The number of thioether (sulfide) groups is 1. The van der Waals surface area contributed by atoms with E-state index in [1.54, 1.807) is 0 Å². The number of aromatic amines is 1. The summed E-state index contributed by atoms with van der Waals surface area (Å²) < 4.78 is 5.71. The minimum absolute atomic E-state index is 0.0874. The second-order valence-electron chi connectivity index (χ2n) is 6.51. The molecule has 0 aliphatic rings. The van der Waals surface area contributed by atoms with Crippen molar-refractivity contribution in [3.8, 4) is 5.75 Å². The zero-order valence-corrected chi connectivity index (χ0v) is 17.1. The van der Waals surface area contributed by atoms with Crippen molar-refractivity contribution in [1.82, 2.24) is 15.2 Å². The van der Waals surface area contributed by atoms with E-state index >= 15 is 0 Å². The number of nitrogens with one attached hydrogen (secondary N) is 2. The summed E-state index contributed by atoms with van der Waals surface area (Å²) in [6.45, 7) is 6.42. The third kappa shape index (κ3) is 5.60. The Morgan fingerprint density at radius 3 is 2.68 bits per heavy atom. The lowest BCUT2D eigenvalue weighted by Gasteiger charge is -2.08. The Kier molecular flexibility index (Phi) is 6.71. The average Bonchev–Trinajstić information content (AvgIpc) is 3.15. The van der Waals surface area contributed by atoms with Gasteiger partial charge in [-0.05, 0) is 49.6 Å². The first-order valence-electron chi connectivity index (χ1n) is 9.16. The van der Waals surface area contributed by atoms with Gasteiger partial charge in [0.1, 0.15) is 12.4 Å². The fourth-order valence-electron chi connectivity index (χ4n) is 2.65. The minimum Gasteiger partial charge on any atom is -0.486 e. The van der Waals surface area contributed by atoms with Crippen molar-refractivity contribution in [2.75, 3.05) is 11.1 Å². The molecule has 3 rings (SSSR count). The van der Waals surface area contributed by atoms with Crippen LogP contribution in [0.5, 0.6) is 5.75 Å². The second kappa shape index (κ2) is 9.41. The van der Waals surface area contributed by atoms with Gasteiger partial charge in [-0.15, -0.1) is 5.10 Å². The van der Waals surface area contributed by atoms with Gasteiger partial charge in [-0.3, -0.25) is 9.89 Å². The summed E-state index contributed by atoms with van der Waals surface area (Å²) in [6, 6.07) is 13.9. The van der Waals surface area contributed by atoms with Gasteiger partial charge in [-0.1, -0.05) is 48.5 Å². The van der Waals surface area contributed by atoms with Gasteiger partial charge in [0.2, 0.25) is 11.1 Å². The van der Waals surface area contributed by atoms with Gasteiger partial charge in [0.05, 0.1) is 5.75 Å². The molecule has 0 saturated carbocycles. The molecule has 0 aliphatic heterocycles. The molecule has 0 aliphatic carbocycles. The zero-order chi connectivity index (χ0) is 19.9. The number of H-pyrrole nitrogens is 1. The topological polar surface area (TPSA) is 79.9 Å². The number of rotatable bonds is 8. The number of hydrogen-bond donors (Lipinski definition) is 2. The lowest BCUT2D eigenvalue weighted by Crippen LogP contribution is -2.15. The van der Waals surface area contributed by atoms with E-state index in [9.17, 15) is 4.79 Å². The monoisotopic (exact) mass is 396 g/mol. The van der Waals surface area contributed by atoms with Crippen molar-refractivity contribution >= 4 is 23.4 Å². The lowest BCUT2D eigenvalue weighted by molar-refractivity contribution is -0.113.